The number of hydrogen-bond donors (Lipinski definition) is 0. The van der Waals surface area contributed by atoms with E-state index in [2.05, 4.69) is 0 Å². The molecule has 0 aromatic heterocycles. The number of carbonyl (C=O) groups excluding carboxylic acids is 1. The molecule has 1 nitrogen and oxygen atoms in total. The van der Waals surface area contributed by atoms with Crippen molar-refractivity contribution in [2.75, 3.05) is 0 Å². The molecule has 0 saturated heterocycles. The van der Waals surface area contributed by atoms with Crippen LogP contribution < -0.4 is 0 Å². The Kier molecular flexibility index (Phi) is 4.62. The lowest BCUT2D eigenvalue weighted by Crippen LogP contribution is -1.91. The summed E-state index contributed by atoms with van der Waals surface area (Å²) in [6.45, 7) is 0. The van der Waals surface area contributed by atoms with Crippen LogP contribution in [0, 0.1) is 5.82 Å². The van der Waals surface area contributed by atoms with Gasteiger partial charge in [-0.2, -0.15) is 0 Å². The zero-order valence-corrected chi connectivity index (χ0v) is 10.6. The maximum Gasteiger partial charge on any atom is 0.143 e. The second kappa shape index (κ2) is 6.64. The van der Waals surface area contributed by atoms with Crippen LogP contribution in [0.1, 0.15) is 17.5 Å². The predicted octanol–water partition coefficient (Wildman–Crippen LogP) is 4.04. The Labute approximate surface area is 112 Å². The monoisotopic (exact) mass is 254 g/mol. The molecule has 0 aliphatic carbocycles. The van der Waals surface area contributed by atoms with Crippen molar-refractivity contribution in [2.45, 2.75) is 12.8 Å². The number of aryl methyl sites for hydroxylation is 1. The van der Waals surface area contributed by atoms with Crippen molar-refractivity contribution in [1.82, 2.24) is 0 Å². The van der Waals surface area contributed by atoms with Gasteiger partial charge in [-0.3, -0.25) is 4.79 Å². The fourth-order valence-corrected chi connectivity index (χ4v) is 1.99. The summed E-state index contributed by atoms with van der Waals surface area (Å²) in [5, 5.41) is 0. The molecule has 96 valence electrons. The fourth-order valence-electron chi connectivity index (χ4n) is 1.99. The topological polar surface area (TPSA) is 17.1 Å². The first-order valence-electron chi connectivity index (χ1n) is 6.24. The summed E-state index contributed by atoms with van der Waals surface area (Å²) in [5.41, 5.74) is 3.12. The third kappa shape index (κ3) is 3.88. The average molecular weight is 254 g/mol. The first-order valence-corrected chi connectivity index (χ1v) is 6.24. The van der Waals surface area contributed by atoms with E-state index in [-0.39, 0.29) is 5.82 Å². The Balaban J connectivity index is 2.08. The molecule has 2 aromatic carbocycles. The van der Waals surface area contributed by atoms with Crippen molar-refractivity contribution in [2.24, 2.45) is 0 Å². The van der Waals surface area contributed by atoms with Gasteiger partial charge in [-0.15, -0.1) is 0 Å². The van der Waals surface area contributed by atoms with Crippen LogP contribution in [-0.4, -0.2) is 6.29 Å². The smallest absolute Gasteiger partial charge is 0.143 e. The van der Waals surface area contributed by atoms with E-state index in [1.54, 1.807) is 18.2 Å². The van der Waals surface area contributed by atoms with Crippen molar-refractivity contribution in [3.05, 3.63) is 77.6 Å². The summed E-state index contributed by atoms with van der Waals surface area (Å²) in [4.78, 5) is 10.7. The lowest BCUT2D eigenvalue weighted by molar-refractivity contribution is -0.104. The van der Waals surface area contributed by atoms with Gasteiger partial charge in [0.15, 0.2) is 0 Å². The molecule has 0 unspecified atom stereocenters. The van der Waals surface area contributed by atoms with Gasteiger partial charge in [0.1, 0.15) is 12.1 Å². The van der Waals surface area contributed by atoms with Crippen molar-refractivity contribution in [3.63, 3.8) is 0 Å². The molecule has 0 bridgehead atoms. The van der Waals surface area contributed by atoms with Crippen molar-refractivity contribution < 1.29 is 9.18 Å². The fraction of sp³-hybridized carbons (Fsp3) is 0.118. The van der Waals surface area contributed by atoms with E-state index in [4.69, 9.17) is 0 Å². The SMILES string of the molecule is O=C/C=C(/CCc1ccc(F)cc1)c1ccccc1. The van der Waals surface area contributed by atoms with Gasteiger partial charge in [-0.1, -0.05) is 42.5 Å². The molecule has 0 spiro atoms. The normalized spacial score (nSPS) is 11.3. The second-order valence-corrected chi connectivity index (χ2v) is 4.32. The van der Waals surface area contributed by atoms with Crippen LogP contribution in [0.15, 0.2) is 60.7 Å². The highest BCUT2D eigenvalue weighted by molar-refractivity contribution is 5.81. The number of carbonyl (C=O) groups is 1. The lowest BCUT2D eigenvalue weighted by Gasteiger charge is -2.07. The van der Waals surface area contributed by atoms with E-state index in [1.807, 2.05) is 30.3 Å². The molecule has 2 rings (SSSR count). The number of aldehydes is 1. The Morgan fingerprint density at radius 2 is 1.68 bits per heavy atom. The van der Waals surface area contributed by atoms with Gasteiger partial charge in [0.2, 0.25) is 0 Å². The molecule has 0 aliphatic rings. The van der Waals surface area contributed by atoms with Gasteiger partial charge in [0, 0.05) is 0 Å². The van der Waals surface area contributed by atoms with Crippen molar-refractivity contribution >= 4 is 11.9 Å². The molecule has 0 fully saturated rings. The minimum absolute atomic E-state index is 0.226. The minimum atomic E-state index is -0.226. The molecule has 0 amide bonds. The van der Waals surface area contributed by atoms with Crippen LogP contribution >= 0.6 is 0 Å². The predicted molar refractivity (Wildman–Crippen MR) is 75.2 cm³/mol. The van der Waals surface area contributed by atoms with E-state index in [1.165, 1.54) is 12.1 Å². The zero-order chi connectivity index (χ0) is 13.5. The van der Waals surface area contributed by atoms with Gasteiger partial charge >= 0.3 is 0 Å². The summed E-state index contributed by atoms with van der Waals surface area (Å²) >= 11 is 0. The highest BCUT2D eigenvalue weighted by Gasteiger charge is 2.02. The minimum Gasteiger partial charge on any atom is -0.299 e. The molecule has 0 heterocycles. The maximum atomic E-state index is 12.8. The average Bonchev–Trinajstić information content (AvgIpc) is 2.46. The first kappa shape index (κ1) is 13.2. The lowest BCUT2D eigenvalue weighted by atomic mass is 9.98. The van der Waals surface area contributed by atoms with Crippen LogP contribution in [-0.2, 0) is 11.2 Å². The zero-order valence-electron chi connectivity index (χ0n) is 10.6. The Bertz CT molecular complexity index is 556. The molecule has 0 N–H and O–H groups in total. The molecule has 0 radical (unpaired) electrons. The number of allylic oxidation sites excluding steroid dienone is 2. The molecular formula is C17H15FO. The van der Waals surface area contributed by atoms with Crippen LogP contribution in [0.2, 0.25) is 0 Å². The molecule has 2 heteroatoms. The molecule has 0 atom stereocenters. The number of hydrogen-bond acceptors (Lipinski definition) is 1. The third-order valence-electron chi connectivity index (χ3n) is 3.01. The standard InChI is InChI=1S/C17H15FO/c18-17-10-7-14(8-11-17)6-9-16(12-13-19)15-4-2-1-3-5-15/h1-5,7-8,10-13H,6,9H2/b16-12-. The second-order valence-electron chi connectivity index (χ2n) is 4.32. The summed E-state index contributed by atoms with van der Waals surface area (Å²) < 4.78 is 12.8. The Morgan fingerprint density at radius 1 is 1.00 bits per heavy atom. The van der Waals surface area contributed by atoms with Gasteiger partial charge in [0.05, 0.1) is 0 Å². The molecule has 19 heavy (non-hydrogen) atoms. The largest absolute Gasteiger partial charge is 0.299 e. The molecule has 0 aliphatic heterocycles. The van der Waals surface area contributed by atoms with Crippen LogP contribution in [0.25, 0.3) is 5.57 Å². The van der Waals surface area contributed by atoms with Gasteiger partial charge in [-0.25, -0.2) is 4.39 Å². The van der Waals surface area contributed by atoms with E-state index in [0.717, 1.165) is 35.8 Å². The summed E-state index contributed by atoms with van der Waals surface area (Å²) in [7, 11) is 0. The highest BCUT2D eigenvalue weighted by atomic mass is 19.1. The Morgan fingerprint density at radius 3 is 2.32 bits per heavy atom. The van der Waals surface area contributed by atoms with Gasteiger partial charge < -0.3 is 0 Å². The highest BCUT2D eigenvalue weighted by Crippen LogP contribution is 2.20. The summed E-state index contributed by atoms with van der Waals surface area (Å²) in [6.07, 6.45) is 3.95. The summed E-state index contributed by atoms with van der Waals surface area (Å²) in [5.74, 6) is -0.226. The van der Waals surface area contributed by atoms with E-state index < -0.39 is 0 Å². The van der Waals surface area contributed by atoms with E-state index >= 15 is 0 Å². The Hall–Kier alpha value is -2.22. The molecule has 2 aromatic rings. The summed E-state index contributed by atoms with van der Waals surface area (Å²) in [6, 6.07) is 16.3. The van der Waals surface area contributed by atoms with E-state index in [9.17, 15) is 9.18 Å². The van der Waals surface area contributed by atoms with Gasteiger partial charge in [-0.05, 0) is 47.8 Å². The third-order valence-corrected chi connectivity index (χ3v) is 3.01. The van der Waals surface area contributed by atoms with Crippen molar-refractivity contribution in [3.8, 4) is 0 Å². The number of rotatable bonds is 5. The first-order chi connectivity index (χ1) is 9.29. The van der Waals surface area contributed by atoms with Gasteiger partial charge in [0.25, 0.3) is 0 Å². The maximum absolute atomic E-state index is 12.8. The van der Waals surface area contributed by atoms with Crippen LogP contribution in [0.5, 0.6) is 0 Å². The van der Waals surface area contributed by atoms with Crippen LogP contribution in [0.3, 0.4) is 0 Å². The van der Waals surface area contributed by atoms with Crippen molar-refractivity contribution in [1.29, 1.82) is 0 Å². The van der Waals surface area contributed by atoms with Crippen LogP contribution in [0.4, 0.5) is 4.39 Å². The number of halogens is 1. The van der Waals surface area contributed by atoms with E-state index in [0.29, 0.717) is 0 Å². The quantitative estimate of drug-likeness (QED) is 0.581. The molecule has 0 saturated carbocycles. The number of benzene rings is 2. The molecular weight excluding hydrogens is 239 g/mol.